The fourth-order valence-corrected chi connectivity index (χ4v) is 2.41. The largest absolute Gasteiger partial charge is 0.387 e. The van der Waals surface area contributed by atoms with Crippen molar-refractivity contribution in [3.05, 3.63) is 33.1 Å². The number of nitrogens with zero attached hydrogens (tertiary/aromatic N) is 1. The number of aromatic nitrogens is 2. The molecule has 2 heterocycles. The number of ether oxygens (including phenoxy) is 1. The molecule has 1 saturated heterocycles. The van der Waals surface area contributed by atoms with E-state index in [1.54, 1.807) is 0 Å². The van der Waals surface area contributed by atoms with Gasteiger partial charge in [-0.05, 0) is 0 Å². The van der Waals surface area contributed by atoms with Crippen LogP contribution in [0.4, 0.5) is 4.39 Å². The second-order valence-corrected chi connectivity index (χ2v) is 4.55. The number of aromatic amines is 1. The van der Waals surface area contributed by atoms with Gasteiger partial charge in [0.1, 0.15) is 6.10 Å². The first-order valence-corrected chi connectivity index (χ1v) is 6.42. The molecule has 0 amide bonds. The molecule has 0 aliphatic carbocycles. The molecule has 1 aromatic rings. The molecular weight excluding hydrogens is 346 g/mol. The van der Waals surface area contributed by atoms with Gasteiger partial charge in [-0.1, -0.05) is 22.6 Å². The first-order valence-electron chi connectivity index (χ1n) is 4.89. The number of hydrogen-bond donors (Lipinski definition) is 2. The van der Waals surface area contributed by atoms with E-state index in [4.69, 9.17) is 4.74 Å². The van der Waals surface area contributed by atoms with Gasteiger partial charge in [-0.3, -0.25) is 14.3 Å². The maximum absolute atomic E-state index is 13.8. The van der Waals surface area contributed by atoms with Gasteiger partial charge in [-0.15, -0.1) is 0 Å². The third kappa shape index (κ3) is 2.29. The molecule has 2 rings (SSSR count). The monoisotopic (exact) mass is 356 g/mol. The molecule has 6 nitrogen and oxygen atoms in total. The van der Waals surface area contributed by atoms with Crippen LogP contribution >= 0.6 is 22.6 Å². The number of aliphatic hydroxyl groups is 1. The van der Waals surface area contributed by atoms with E-state index in [0.717, 1.165) is 16.8 Å². The van der Waals surface area contributed by atoms with Crippen molar-refractivity contribution >= 4 is 22.6 Å². The van der Waals surface area contributed by atoms with Crippen LogP contribution in [0.3, 0.4) is 0 Å². The summed E-state index contributed by atoms with van der Waals surface area (Å²) in [6.45, 7) is 0. The molecule has 1 unspecified atom stereocenters. The second-order valence-electron chi connectivity index (χ2n) is 3.67. The van der Waals surface area contributed by atoms with Crippen LogP contribution in [-0.4, -0.2) is 37.5 Å². The lowest BCUT2D eigenvalue weighted by Crippen LogP contribution is -2.35. The van der Waals surface area contributed by atoms with E-state index in [1.165, 1.54) is 0 Å². The zero-order valence-corrected chi connectivity index (χ0v) is 10.7. The van der Waals surface area contributed by atoms with Crippen molar-refractivity contribution in [2.75, 3.05) is 4.43 Å². The average Bonchev–Trinajstić information content (AvgIpc) is 2.57. The number of aliphatic hydroxyl groups excluding tert-OH is 1. The summed E-state index contributed by atoms with van der Waals surface area (Å²) < 4.78 is 20.3. The Labute approximate surface area is 109 Å². The molecule has 4 atom stereocenters. The zero-order valence-electron chi connectivity index (χ0n) is 8.55. The number of hydrogen-bond acceptors (Lipinski definition) is 4. The summed E-state index contributed by atoms with van der Waals surface area (Å²) in [5.74, 6) is 0. The lowest BCUT2D eigenvalue weighted by Gasteiger charge is -2.15. The Hall–Kier alpha value is -0.740. The van der Waals surface area contributed by atoms with E-state index in [1.807, 2.05) is 27.6 Å². The predicted octanol–water partition coefficient (Wildman–Crippen LogP) is -0.432. The van der Waals surface area contributed by atoms with Crippen LogP contribution in [0.25, 0.3) is 0 Å². The summed E-state index contributed by atoms with van der Waals surface area (Å²) in [5.41, 5.74) is -1.32. The SMILES string of the molecule is O=c1ccn([C@@H]2OC(CI)[C@@H](O)[C@H]2F)c(=O)[nH]1. The van der Waals surface area contributed by atoms with E-state index in [9.17, 15) is 19.1 Å². The summed E-state index contributed by atoms with van der Waals surface area (Å²) in [7, 11) is 0. The highest BCUT2D eigenvalue weighted by Crippen LogP contribution is 2.31. The van der Waals surface area contributed by atoms with Crippen LogP contribution in [0.1, 0.15) is 6.23 Å². The summed E-state index contributed by atoms with van der Waals surface area (Å²) in [6, 6.07) is 1.10. The van der Waals surface area contributed by atoms with Gasteiger partial charge in [-0.25, -0.2) is 9.18 Å². The van der Waals surface area contributed by atoms with Crippen molar-refractivity contribution < 1.29 is 14.2 Å². The van der Waals surface area contributed by atoms with Crippen molar-refractivity contribution in [2.45, 2.75) is 24.6 Å². The van der Waals surface area contributed by atoms with Gasteiger partial charge in [0.05, 0.1) is 6.10 Å². The molecule has 0 spiro atoms. The standard InChI is InChI=1S/C9H10FIN2O4/c10-6-7(15)4(3-11)17-8(6)13-2-1-5(14)12-9(13)16/h1-2,4,6-8,15H,3H2,(H,12,14,16)/t4?,6-,7-,8-/m1/s1. The van der Waals surface area contributed by atoms with Crippen LogP contribution in [-0.2, 0) is 4.74 Å². The van der Waals surface area contributed by atoms with Crippen LogP contribution in [0, 0.1) is 0 Å². The quantitative estimate of drug-likeness (QED) is 0.556. The molecule has 8 heteroatoms. The lowest BCUT2D eigenvalue weighted by atomic mass is 10.2. The maximum Gasteiger partial charge on any atom is 0.330 e. The van der Waals surface area contributed by atoms with E-state index in [2.05, 4.69) is 0 Å². The molecule has 0 aromatic carbocycles. The van der Waals surface area contributed by atoms with Gasteiger partial charge in [0.15, 0.2) is 12.4 Å². The second kappa shape index (κ2) is 4.86. The lowest BCUT2D eigenvalue weighted by molar-refractivity contribution is -0.0153. The van der Waals surface area contributed by atoms with Crippen molar-refractivity contribution in [3.8, 4) is 0 Å². The fourth-order valence-electron chi connectivity index (χ4n) is 1.68. The van der Waals surface area contributed by atoms with E-state index in [-0.39, 0.29) is 0 Å². The Bertz CT molecular complexity index is 516. The minimum absolute atomic E-state index is 0.411. The minimum Gasteiger partial charge on any atom is -0.387 e. The Morgan fingerprint density at radius 2 is 2.29 bits per heavy atom. The highest BCUT2D eigenvalue weighted by Gasteiger charge is 2.44. The summed E-state index contributed by atoms with van der Waals surface area (Å²) in [4.78, 5) is 24.3. The predicted molar refractivity (Wildman–Crippen MR) is 65.0 cm³/mol. The molecule has 1 aliphatic rings. The van der Waals surface area contributed by atoms with E-state index < -0.39 is 35.9 Å². The molecule has 94 valence electrons. The minimum atomic E-state index is -1.70. The Morgan fingerprint density at radius 1 is 1.59 bits per heavy atom. The number of nitrogens with one attached hydrogen (secondary N) is 1. The highest BCUT2D eigenvalue weighted by molar-refractivity contribution is 14.1. The summed E-state index contributed by atoms with van der Waals surface area (Å²) >= 11 is 1.96. The molecule has 0 radical (unpaired) electrons. The third-order valence-corrected chi connectivity index (χ3v) is 3.44. The average molecular weight is 356 g/mol. The summed E-state index contributed by atoms with van der Waals surface area (Å²) in [6.07, 6.45) is -3.67. The number of H-pyrrole nitrogens is 1. The van der Waals surface area contributed by atoms with Crippen molar-refractivity contribution in [1.29, 1.82) is 0 Å². The van der Waals surface area contributed by atoms with E-state index >= 15 is 0 Å². The van der Waals surface area contributed by atoms with Crippen LogP contribution in [0.5, 0.6) is 0 Å². The van der Waals surface area contributed by atoms with Gasteiger partial charge < -0.3 is 9.84 Å². The van der Waals surface area contributed by atoms with E-state index in [0.29, 0.717) is 4.43 Å². The van der Waals surface area contributed by atoms with Crippen LogP contribution < -0.4 is 11.2 Å². The Morgan fingerprint density at radius 3 is 2.82 bits per heavy atom. The molecule has 0 bridgehead atoms. The Balaban J connectivity index is 2.35. The molecular formula is C9H10FIN2O4. The van der Waals surface area contributed by atoms with Crippen molar-refractivity contribution in [2.24, 2.45) is 0 Å². The number of rotatable bonds is 2. The van der Waals surface area contributed by atoms with Gasteiger partial charge >= 0.3 is 5.69 Å². The smallest absolute Gasteiger partial charge is 0.330 e. The molecule has 1 fully saturated rings. The number of halogens is 2. The molecule has 17 heavy (non-hydrogen) atoms. The van der Waals surface area contributed by atoms with Gasteiger partial charge in [0.2, 0.25) is 0 Å². The van der Waals surface area contributed by atoms with Crippen LogP contribution in [0.2, 0.25) is 0 Å². The molecule has 1 aromatic heterocycles. The topological polar surface area (TPSA) is 84.3 Å². The fraction of sp³-hybridized carbons (Fsp3) is 0.556. The number of alkyl halides is 2. The van der Waals surface area contributed by atoms with Gasteiger partial charge in [-0.2, -0.15) is 0 Å². The third-order valence-electron chi connectivity index (χ3n) is 2.57. The van der Waals surface area contributed by atoms with Crippen LogP contribution in [0.15, 0.2) is 21.9 Å². The first-order chi connectivity index (χ1) is 8.04. The van der Waals surface area contributed by atoms with Gasteiger partial charge in [0.25, 0.3) is 5.56 Å². The maximum atomic E-state index is 13.8. The zero-order chi connectivity index (χ0) is 12.6. The molecule has 1 aliphatic heterocycles. The Kier molecular flexibility index (Phi) is 3.64. The van der Waals surface area contributed by atoms with Crippen molar-refractivity contribution in [3.63, 3.8) is 0 Å². The summed E-state index contributed by atoms with van der Waals surface area (Å²) in [5, 5.41) is 9.54. The van der Waals surface area contributed by atoms with Gasteiger partial charge in [0, 0.05) is 16.7 Å². The molecule has 2 N–H and O–H groups in total. The molecule has 0 saturated carbocycles. The highest BCUT2D eigenvalue weighted by atomic mass is 127. The normalized spacial score (nSPS) is 32.9. The van der Waals surface area contributed by atoms with Crippen molar-refractivity contribution in [1.82, 2.24) is 9.55 Å². The first kappa shape index (κ1) is 12.7.